The zero-order valence-corrected chi connectivity index (χ0v) is 12.0. The molecule has 1 aromatic rings. The molecular formula is C15H19N3O3. The summed E-state index contributed by atoms with van der Waals surface area (Å²) < 4.78 is 4.80. The molecule has 21 heavy (non-hydrogen) atoms. The number of carbonyl (C=O) groups excluding carboxylic acids is 2. The largest absolute Gasteiger partial charge is 0.466 e. The molecule has 1 rings (SSSR count). The van der Waals surface area contributed by atoms with Crippen molar-refractivity contribution in [1.29, 1.82) is 5.26 Å². The fourth-order valence-corrected chi connectivity index (χ4v) is 1.66. The second kappa shape index (κ2) is 9.50. The molecule has 2 N–H and O–H groups in total. The van der Waals surface area contributed by atoms with Gasteiger partial charge >= 0.3 is 5.97 Å². The van der Waals surface area contributed by atoms with Gasteiger partial charge in [0.2, 0.25) is 5.91 Å². The average molecular weight is 289 g/mol. The van der Waals surface area contributed by atoms with E-state index in [4.69, 9.17) is 10.00 Å². The first kappa shape index (κ1) is 16.7. The molecule has 0 aliphatic carbocycles. The molecule has 0 atom stereocenters. The van der Waals surface area contributed by atoms with Gasteiger partial charge in [0.05, 0.1) is 24.8 Å². The van der Waals surface area contributed by atoms with Crippen LogP contribution in [0.1, 0.15) is 25.3 Å². The van der Waals surface area contributed by atoms with Crippen molar-refractivity contribution in [3.63, 3.8) is 0 Å². The number of hydrogen-bond donors (Lipinski definition) is 2. The van der Waals surface area contributed by atoms with E-state index in [9.17, 15) is 9.59 Å². The van der Waals surface area contributed by atoms with Crippen LogP contribution in [0, 0.1) is 11.3 Å². The third kappa shape index (κ3) is 7.09. The second-order valence-corrected chi connectivity index (χ2v) is 4.33. The van der Waals surface area contributed by atoms with E-state index in [1.54, 1.807) is 31.2 Å². The lowest BCUT2D eigenvalue weighted by Crippen LogP contribution is -2.29. The molecule has 6 nitrogen and oxygen atoms in total. The first-order valence-corrected chi connectivity index (χ1v) is 6.82. The van der Waals surface area contributed by atoms with Crippen LogP contribution in [0.15, 0.2) is 24.3 Å². The third-order valence-electron chi connectivity index (χ3n) is 2.60. The summed E-state index contributed by atoms with van der Waals surface area (Å²) in [5.74, 6) is -0.418. The fourth-order valence-electron chi connectivity index (χ4n) is 1.66. The lowest BCUT2D eigenvalue weighted by molar-refractivity contribution is -0.143. The van der Waals surface area contributed by atoms with Crippen LogP contribution in [-0.4, -0.2) is 31.6 Å². The van der Waals surface area contributed by atoms with Crippen molar-refractivity contribution in [2.45, 2.75) is 19.8 Å². The molecule has 1 aromatic carbocycles. The van der Waals surface area contributed by atoms with Gasteiger partial charge in [0.15, 0.2) is 0 Å². The zero-order valence-electron chi connectivity index (χ0n) is 12.0. The van der Waals surface area contributed by atoms with Gasteiger partial charge in [0.1, 0.15) is 0 Å². The van der Waals surface area contributed by atoms with Crippen LogP contribution in [0.2, 0.25) is 0 Å². The summed E-state index contributed by atoms with van der Waals surface area (Å²) in [6.07, 6.45) is 0.961. The van der Waals surface area contributed by atoms with Gasteiger partial charge in [-0.05, 0) is 38.1 Å². The van der Waals surface area contributed by atoms with Crippen LogP contribution < -0.4 is 10.6 Å². The minimum Gasteiger partial charge on any atom is -0.466 e. The molecule has 1 amide bonds. The van der Waals surface area contributed by atoms with Gasteiger partial charge in [-0.15, -0.1) is 0 Å². The Morgan fingerprint density at radius 1 is 1.38 bits per heavy atom. The average Bonchev–Trinajstić information content (AvgIpc) is 2.47. The van der Waals surface area contributed by atoms with E-state index >= 15 is 0 Å². The number of esters is 1. The molecule has 0 bridgehead atoms. The highest BCUT2D eigenvalue weighted by Crippen LogP contribution is 2.09. The van der Waals surface area contributed by atoms with E-state index in [-0.39, 0.29) is 18.4 Å². The van der Waals surface area contributed by atoms with Crippen LogP contribution in [0.25, 0.3) is 0 Å². The Hall–Kier alpha value is -2.39. The maximum absolute atomic E-state index is 11.7. The first-order chi connectivity index (χ1) is 10.2. The molecule has 0 aliphatic rings. The number of amides is 1. The minimum atomic E-state index is -0.225. The highest BCUT2D eigenvalue weighted by atomic mass is 16.5. The van der Waals surface area contributed by atoms with Crippen molar-refractivity contribution in [3.8, 4) is 6.07 Å². The van der Waals surface area contributed by atoms with E-state index in [2.05, 4.69) is 10.6 Å². The predicted octanol–water partition coefficient (Wildman–Crippen LogP) is 1.43. The van der Waals surface area contributed by atoms with Crippen molar-refractivity contribution in [2.24, 2.45) is 0 Å². The Kier molecular flexibility index (Phi) is 7.54. The van der Waals surface area contributed by atoms with Crippen LogP contribution in [0.4, 0.5) is 5.69 Å². The predicted molar refractivity (Wildman–Crippen MR) is 78.5 cm³/mol. The topological polar surface area (TPSA) is 91.2 Å². The summed E-state index contributed by atoms with van der Waals surface area (Å²) in [5, 5.41) is 14.4. The maximum Gasteiger partial charge on any atom is 0.305 e. The Labute approximate surface area is 124 Å². The van der Waals surface area contributed by atoms with Crippen molar-refractivity contribution < 1.29 is 14.3 Å². The lowest BCUT2D eigenvalue weighted by atomic mass is 10.2. The second-order valence-electron chi connectivity index (χ2n) is 4.33. The Morgan fingerprint density at radius 3 is 2.90 bits per heavy atom. The summed E-state index contributed by atoms with van der Waals surface area (Å²) in [4.78, 5) is 22.7. The van der Waals surface area contributed by atoms with E-state index in [0.29, 0.717) is 37.2 Å². The highest BCUT2D eigenvalue weighted by Gasteiger charge is 2.04. The third-order valence-corrected chi connectivity index (χ3v) is 2.60. The van der Waals surface area contributed by atoms with Gasteiger partial charge in [0.25, 0.3) is 0 Å². The fraction of sp³-hybridized carbons (Fsp3) is 0.400. The van der Waals surface area contributed by atoms with E-state index in [0.717, 1.165) is 0 Å². The van der Waals surface area contributed by atoms with Crippen LogP contribution in [-0.2, 0) is 14.3 Å². The van der Waals surface area contributed by atoms with Crippen molar-refractivity contribution in [2.75, 3.05) is 25.0 Å². The summed E-state index contributed by atoms with van der Waals surface area (Å²) in [6.45, 7) is 2.86. The molecule has 0 aliphatic heterocycles. The molecule has 112 valence electrons. The molecule has 0 heterocycles. The van der Waals surface area contributed by atoms with Crippen LogP contribution >= 0.6 is 0 Å². The van der Waals surface area contributed by atoms with E-state index < -0.39 is 0 Å². The van der Waals surface area contributed by atoms with Gasteiger partial charge in [0, 0.05) is 12.1 Å². The quantitative estimate of drug-likeness (QED) is 0.558. The SMILES string of the molecule is CCOC(=O)CCCNCC(=O)Nc1cccc(C#N)c1. The Bertz CT molecular complexity index is 523. The Balaban J connectivity index is 2.19. The molecular weight excluding hydrogens is 270 g/mol. The Morgan fingerprint density at radius 2 is 2.19 bits per heavy atom. The lowest BCUT2D eigenvalue weighted by Gasteiger charge is -2.07. The van der Waals surface area contributed by atoms with Crippen LogP contribution in [0.5, 0.6) is 0 Å². The van der Waals surface area contributed by atoms with Gasteiger partial charge < -0.3 is 15.4 Å². The zero-order chi connectivity index (χ0) is 15.5. The molecule has 0 saturated heterocycles. The standard InChI is InChI=1S/C15H19N3O3/c1-2-21-15(20)7-4-8-17-11-14(19)18-13-6-3-5-12(9-13)10-16/h3,5-6,9,17H,2,4,7-8,11H2,1H3,(H,18,19). The molecule has 6 heteroatoms. The molecule has 0 aromatic heterocycles. The molecule has 0 fully saturated rings. The number of carbonyl (C=O) groups is 2. The molecule has 0 spiro atoms. The van der Waals surface area contributed by atoms with Crippen molar-refractivity contribution in [3.05, 3.63) is 29.8 Å². The summed E-state index contributed by atoms with van der Waals surface area (Å²) >= 11 is 0. The number of rotatable bonds is 8. The maximum atomic E-state index is 11.7. The number of nitrogens with zero attached hydrogens (tertiary/aromatic N) is 1. The minimum absolute atomic E-state index is 0.152. The highest BCUT2D eigenvalue weighted by molar-refractivity contribution is 5.92. The smallest absolute Gasteiger partial charge is 0.305 e. The summed E-state index contributed by atoms with van der Waals surface area (Å²) in [6, 6.07) is 8.72. The van der Waals surface area contributed by atoms with Gasteiger partial charge in [-0.1, -0.05) is 6.07 Å². The first-order valence-electron chi connectivity index (χ1n) is 6.82. The monoisotopic (exact) mass is 289 g/mol. The number of nitriles is 1. The molecule has 0 radical (unpaired) electrons. The van der Waals surface area contributed by atoms with Gasteiger partial charge in [-0.3, -0.25) is 9.59 Å². The number of ether oxygens (including phenoxy) is 1. The van der Waals surface area contributed by atoms with Crippen LogP contribution in [0.3, 0.4) is 0 Å². The number of nitrogens with one attached hydrogen (secondary N) is 2. The summed E-state index contributed by atoms with van der Waals surface area (Å²) in [5.41, 5.74) is 1.09. The van der Waals surface area contributed by atoms with E-state index in [1.165, 1.54) is 0 Å². The van der Waals surface area contributed by atoms with Gasteiger partial charge in [-0.25, -0.2) is 0 Å². The number of benzene rings is 1. The number of anilines is 1. The summed E-state index contributed by atoms with van der Waals surface area (Å²) in [7, 11) is 0. The van der Waals surface area contributed by atoms with Gasteiger partial charge in [-0.2, -0.15) is 5.26 Å². The molecule has 0 saturated carbocycles. The van der Waals surface area contributed by atoms with Crippen molar-refractivity contribution in [1.82, 2.24) is 5.32 Å². The van der Waals surface area contributed by atoms with Crippen molar-refractivity contribution >= 4 is 17.6 Å². The molecule has 0 unspecified atom stereocenters. The van der Waals surface area contributed by atoms with E-state index in [1.807, 2.05) is 6.07 Å². The normalized spacial score (nSPS) is 9.71. The number of hydrogen-bond acceptors (Lipinski definition) is 5.